The van der Waals surface area contributed by atoms with Gasteiger partial charge in [-0.05, 0) is 60.5 Å². The van der Waals surface area contributed by atoms with Gasteiger partial charge in [-0.1, -0.05) is 28.1 Å². The second-order valence-corrected chi connectivity index (χ2v) is 8.27. The quantitative estimate of drug-likeness (QED) is 0.583. The molecule has 0 saturated carbocycles. The van der Waals surface area contributed by atoms with Crippen molar-refractivity contribution >= 4 is 33.2 Å². The van der Waals surface area contributed by atoms with Crippen molar-refractivity contribution in [2.75, 3.05) is 13.2 Å². The Labute approximate surface area is 170 Å². The molecule has 2 heterocycles. The van der Waals surface area contributed by atoms with E-state index in [-0.39, 0.29) is 11.9 Å². The van der Waals surface area contributed by atoms with Crippen molar-refractivity contribution in [2.45, 2.75) is 13.0 Å². The topological polar surface area (TPSA) is 47.6 Å². The zero-order valence-corrected chi connectivity index (χ0v) is 17.1. The molecule has 0 radical (unpaired) electrons. The summed E-state index contributed by atoms with van der Waals surface area (Å²) in [6, 6.07) is 17.6. The first kappa shape index (κ1) is 18.1. The van der Waals surface area contributed by atoms with Gasteiger partial charge in [-0.2, -0.15) is 0 Å². The Balaban J connectivity index is 1.48. The molecule has 2 aromatic carbocycles. The fraction of sp³-hybridized carbons (Fsp3) is 0.190. The van der Waals surface area contributed by atoms with Gasteiger partial charge in [0, 0.05) is 9.35 Å². The van der Waals surface area contributed by atoms with E-state index in [1.165, 1.54) is 11.3 Å². The molecule has 0 bridgehead atoms. The molecule has 0 fully saturated rings. The largest absolute Gasteiger partial charge is 0.486 e. The number of thiophene rings is 1. The molecule has 3 aromatic rings. The lowest BCUT2D eigenvalue weighted by molar-refractivity contribution is 0.0944. The minimum absolute atomic E-state index is 0.0644. The van der Waals surface area contributed by atoms with Gasteiger partial charge >= 0.3 is 0 Å². The summed E-state index contributed by atoms with van der Waals surface area (Å²) in [4.78, 5) is 14.3. The molecule has 0 saturated heterocycles. The van der Waals surface area contributed by atoms with Crippen LogP contribution in [-0.4, -0.2) is 19.1 Å². The number of nitrogens with one attached hydrogen (secondary N) is 1. The van der Waals surface area contributed by atoms with Gasteiger partial charge in [-0.25, -0.2) is 0 Å². The van der Waals surface area contributed by atoms with Crippen LogP contribution < -0.4 is 14.8 Å². The van der Waals surface area contributed by atoms with Crippen LogP contribution >= 0.6 is 27.3 Å². The lowest BCUT2D eigenvalue weighted by Crippen LogP contribution is -2.25. The van der Waals surface area contributed by atoms with Crippen LogP contribution in [0.25, 0.3) is 10.4 Å². The molecule has 4 rings (SSSR count). The van der Waals surface area contributed by atoms with E-state index < -0.39 is 0 Å². The van der Waals surface area contributed by atoms with E-state index in [2.05, 4.69) is 21.2 Å². The van der Waals surface area contributed by atoms with E-state index in [1.807, 2.05) is 61.5 Å². The standard InChI is InChI=1S/C21H18BrNO3S/c1-13(14-2-5-16(22)6-3-14)23-21(24)20-9-8-19(27-20)15-4-7-17-18(12-15)26-11-10-25-17/h2-9,12-13H,10-11H2,1H3,(H,23,24). The highest BCUT2D eigenvalue weighted by atomic mass is 79.9. The minimum atomic E-state index is -0.0702. The Kier molecular flexibility index (Phi) is 5.18. The van der Waals surface area contributed by atoms with E-state index >= 15 is 0 Å². The molecule has 1 N–H and O–H groups in total. The predicted octanol–water partition coefficient (Wildman–Crippen LogP) is 5.44. The molecule has 1 aliphatic heterocycles. The maximum absolute atomic E-state index is 12.6. The summed E-state index contributed by atoms with van der Waals surface area (Å²) in [6.07, 6.45) is 0. The van der Waals surface area contributed by atoms with Crippen molar-refractivity contribution in [3.05, 3.63) is 69.5 Å². The summed E-state index contributed by atoms with van der Waals surface area (Å²) >= 11 is 4.90. The second kappa shape index (κ2) is 7.74. The van der Waals surface area contributed by atoms with Crippen LogP contribution in [0.4, 0.5) is 0 Å². The van der Waals surface area contributed by atoms with Crippen LogP contribution in [-0.2, 0) is 0 Å². The fourth-order valence-electron chi connectivity index (χ4n) is 2.91. The zero-order valence-electron chi connectivity index (χ0n) is 14.7. The highest BCUT2D eigenvalue weighted by molar-refractivity contribution is 9.10. The Hall–Kier alpha value is -2.31. The monoisotopic (exact) mass is 443 g/mol. The number of carbonyl (C=O) groups is 1. The normalized spacial score (nSPS) is 13.9. The summed E-state index contributed by atoms with van der Waals surface area (Å²) in [5.41, 5.74) is 2.08. The maximum Gasteiger partial charge on any atom is 0.261 e. The van der Waals surface area contributed by atoms with Crippen LogP contribution in [0.5, 0.6) is 11.5 Å². The number of halogens is 1. The number of rotatable bonds is 4. The number of amides is 1. The number of carbonyl (C=O) groups excluding carboxylic acids is 1. The Morgan fingerprint density at radius 2 is 1.78 bits per heavy atom. The van der Waals surface area contributed by atoms with Gasteiger partial charge < -0.3 is 14.8 Å². The van der Waals surface area contributed by atoms with E-state index in [0.29, 0.717) is 18.1 Å². The molecule has 1 amide bonds. The fourth-order valence-corrected chi connectivity index (χ4v) is 4.08. The number of hydrogen-bond donors (Lipinski definition) is 1. The lowest BCUT2D eigenvalue weighted by atomic mass is 10.1. The third-order valence-corrected chi connectivity index (χ3v) is 6.04. The van der Waals surface area contributed by atoms with E-state index in [4.69, 9.17) is 9.47 Å². The van der Waals surface area contributed by atoms with Gasteiger partial charge in [0.15, 0.2) is 11.5 Å². The molecule has 27 heavy (non-hydrogen) atoms. The molecule has 1 aromatic heterocycles. The van der Waals surface area contributed by atoms with Crippen molar-refractivity contribution in [3.8, 4) is 21.9 Å². The molecule has 1 aliphatic rings. The van der Waals surface area contributed by atoms with Crippen LogP contribution in [0, 0.1) is 0 Å². The van der Waals surface area contributed by atoms with Gasteiger partial charge in [0.2, 0.25) is 0 Å². The number of benzene rings is 2. The van der Waals surface area contributed by atoms with Crippen molar-refractivity contribution in [1.29, 1.82) is 0 Å². The lowest BCUT2D eigenvalue weighted by Gasteiger charge is -2.18. The maximum atomic E-state index is 12.6. The van der Waals surface area contributed by atoms with Gasteiger partial charge in [0.1, 0.15) is 13.2 Å². The van der Waals surface area contributed by atoms with Gasteiger partial charge in [-0.3, -0.25) is 4.79 Å². The smallest absolute Gasteiger partial charge is 0.261 e. The molecule has 0 aliphatic carbocycles. The van der Waals surface area contributed by atoms with E-state index in [0.717, 1.165) is 32.0 Å². The third kappa shape index (κ3) is 4.01. The Morgan fingerprint density at radius 1 is 1.04 bits per heavy atom. The number of hydrogen-bond acceptors (Lipinski definition) is 4. The number of ether oxygens (including phenoxy) is 2. The van der Waals surface area contributed by atoms with E-state index in [1.54, 1.807) is 0 Å². The molecule has 1 unspecified atom stereocenters. The van der Waals surface area contributed by atoms with E-state index in [9.17, 15) is 4.79 Å². The van der Waals surface area contributed by atoms with Crippen molar-refractivity contribution in [1.82, 2.24) is 5.32 Å². The summed E-state index contributed by atoms with van der Waals surface area (Å²) in [5.74, 6) is 1.45. The molecule has 0 spiro atoms. The van der Waals surface area contributed by atoms with Crippen LogP contribution in [0.2, 0.25) is 0 Å². The molecular formula is C21H18BrNO3S. The molecule has 4 nitrogen and oxygen atoms in total. The third-order valence-electron chi connectivity index (χ3n) is 4.37. The van der Waals surface area contributed by atoms with Crippen molar-refractivity contribution in [3.63, 3.8) is 0 Å². The van der Waals surface area contributed by atoms with Crippen LogP contribution in [0.3, 0.4) is 0 Å². The van der Waals surface area contributed by atoms with Crippen molar-refractivity contribution in [2.24, 2.45) is 0 Å². The van der Waals surface area contributed by atoms with Gasteiger partial charge in [0.05, 0.1) is 10.9 Å². The first-order valence-electron chi connectivity index (χ1n) is 8.66. The first-order chi connectivity index (χ1) is 13.1. The molecule has 1 atom stereocenters. The van der Waals surface area contributed by atoms with Gasteiger partial charge in [0.25, 0.3) is 5.91 Å². The summed E-state index contributed by atoms with van der Waals surface area (Å²) in [6.45, 7) is 3.12. The molecule has 6 heteroatoms. The molecule has 138 valence electrons. The Bertz CT molecular complexity index is 968. The summed E-state index contributed by atoms with van der Waals surface area (Å²) < 4.78 is 12.2. The summed E-state index contributed by atoms with van der Waals surface area (Å²) in [5, 5.41) is 3.06. The predicted molar refractivity (Wildman–Crippen MR) is 111 cm³/mol. The minimum Gasteiger partial charge on any atom is -0.486 e. The highest BCUT2D eigenvalue weighted by Gasteiger charge is 2.16. The summed E-state index contributed by atoms with van der Waals surface area (Å²) in [7, 11) is 0. The molecular weight excluding hydrogens is 426 g/mol. The second-order valence-electron chi connectivity index (χ2n) is 6.27. The average molecular weight is 444 g/mol. The average Bonchev–Trinajstić information content (AvgIpc) is 3.18. The number of fused-ring (bicyclic) bond motifs is 1. The van der Waals surface area contributed by atoms with Gasteiger partial charge in [-0.15, -0.1) is 11.3 Å². The Morgan fingerprint density at radius 3 is 2.56 bits per heavy atom. The van der Waals surface area contributed by atoms with Crippen LogP contribution in [0.1, 0.15) is 28.2 Å². The first-order valence-corrected chi connectivity index (χ1v) is 10.3. The zero-order chi connectivity index (χ0) is 18.8. The SMILES string of the molecule is CC(NC(=O)c1ccc(-c2ccc3c(c2)OCCO3)s1)c1ccc(Br)cc1. The highest BCUT2D eigenvalue weighted by Crippen LogP contribution is 2.37. The van der Waals surface area contributed by atoms with Crippen LogP contribution in [0.15, 0.2) is 59.1 Å². The van der Waals surface area contributed by atoms with Crippen molar-refractivity contribution < 1.29 is 14.3 Å².